The second-order valence-corrected chi connectivity index (χ2v) is 6.82. The zero-order valence-electron chi connectivity index (χ0n) is 13.2. The van der Waals surface area contributed by atoms with Gasteiger partial charge in [-0.25, -0.2) is 5.06 Å². The van der Waals surface area contributed by atoms with Crippen LogP contribution in [0, 0.1) is 5.41 Å². The van der Waals surface area contributed by atoms with Crippen LogP contribution in [0.25, 0.3) is 0 Å². The van der Waals surface area contributed by atoms with Crippen LogP contribution in [0.3, 0.4) is 0 Å². The largest absolute Gasteiger partial charge is 0.285 e. The lowest BCUT2D eigenvalue weighted by Gasteiger charge is -2.30. The highest BCUT2D eigenvalue weighted by Gasteiger charge is 2.31. The molecule has 0 heterocycles. The molecule has 1 aliphatic rings. The van der Waals surface area contributed by atoms with Gasteiger partial charge in [-0.2, -0.15) is 0 Å². The minimum Gasteiger partial charge on any atom is -0.285 e. The summed E-state index contributed by atoms with van der Waals surface area (Å²) in [6.07, 6.45) is 6.27. The Balaban J connectivity index is 2.29. The van der Waals surface area contributed by atoms with E-state index in [4.69, 9.17) is 0 Å². The van der Waals surface area contributed by atoms with Gasteiger partial charge in [0, 0.05) is 5.41 Å². The molecule has 3 heteroatoms. The van der Waals surface area contributed by atoms with Crippen LogP contribution in [-0.4, -0.2) is 16.2 Å². The summed E-state index contributed by atoms with van der Waals surface area (Å²) >= 11 is 0. The molecule has 0 aromatic heterocycles. The molecule has 2 rings (SSSR count). The van der Waals surface area contributed by atoms with E-state index in [9.17, 15) is 10.0 Å². The number of aryl methyl sites for hydroxylation is 2. The number of amides is 1. The van der Waals surface area contributed by atoms with Crippen molar-refractivity contribution >= 4 is 5.91 Å². The Hall–Kier alpha value is -1.61. The van der Waals surface area contributed by atoms with Crippen LogP contribution in [0.2, 0.25) is 0 Å². The smallest absolute Gasteiger partial charge is 0.252 e. The van der Waals surface area contributed by atoms with E-state index in [1.807, 2.05) is 6.07 Å². The van der Waals surface area contributed by atoms with Crippen molar-refractivity contribution < 1.29 is 10.0 Å². The molecule has 1 atom stereocenters. The number of nitrogens with zero attached hydrogens (tertiary/aromatic N) is 1. The lowest BCUT2D eigenvalue weighted by Crippen LogP contribution is -2.39. The summed E-state index contributed by atoms with van der Waals surface area (Å²) in [4.78, 5) is 12.3. The summed E-state index contributed by atoms with van der Waals surface area (Å²) in [7, 11) is 0. The first kappa shape index (κ1) is 15.8. The van der Waals surface area contributed by atoms with Crippen molar-refractivity contribution in [2.24, 2.45) is 5.41 Å². The molecule has 0 bridgehead atoms. The van der Waals surface area contributed by atoms with E-state index in [2.05, 4.69) is 18.7 Å². The van der Waals surface area contributed by atoms with Crippen molar-refractivity contribution in [3.05, 3.63) is 47.5 Å². The van der Waals surface area contributed by atoms with Crippen LogP contribution >= 0.6 is 0 Å². The lowest BCUT2D eigenvalue weighted by molar-refractivity contribution is -0.181. The fourth-order valence-corrected chi connectivity index (χ4v) is 2.78. The lowest BCUT2D eigenvalue weighted by atomic mass is 9.88. The normalized spacial score (nSPS) is 16.0. The predicted molar refractivity (Wildman–Crippen MR) is 84.1 cm³/mol. The number of fused-ring (bicyclic) bond motifs is 1. The molecular formula is C18H25NO2. The first-order valence-electron chi connectivity index (χ1n) is 7.61. The Morgan fingerprint density at radius 3 is 2.48 bits per heavy atom. The number of carbonyl (C=O) groups excluding carboxylic acids is 1. The third-order valence-corrected chi connectivity index (χ3v) is 4.05. The first-order valence-corrected chi connectivity index (χ1v) is 7.61. The van der Waals surface area contributed by atoms with Crippen LogP contribution in [0.1, 0.15) is 56.3 Å². The van der Waals surface area contributed by atoms with Crippen LogP contribution in [0.5, 0.6) is 0 Å². The van der Waals surface area contributed by atoms with Crippen molar-refractivity contribution in [1.82, 2.24) is 5.06 Å². The van der Waals surface area contributed by atoms with Gasteiger partial charge in [-0.1, -0.05) is 45.0 Å². The Kier molecular flexibility index (Phi) is 4.52. The van der Waals surface area contributed by atoms with Gasteiger partial charge < -0.3 is 0 Å². The van der Waals surface area contributed by atoms with E-state index in [0.29, 0.717) is 0 Å². The second-order valence-electron chi connectivity index (χ2n) is 6.82. The maximum Gasteiger partial charge on any atom is 0.252 e. The average molecular weight is 287 g/mol. The third-order valence-electron chi connectivity index (χ3n) is 4.05. The highest BCUT2D eigenvalue weighted by Crippen LogP contribution is 2.29. The molecule has 0 saturated heterocycles. The molecule has 0 radical (unpaired) electrons. The van der Waals surface area contributed by atoms with Gasteiger partial charge in [0.15, 0.2) is 0 Å². The molecule has 0 aliphatic heterocycles. The van der Waals surface area contributed by atoms with E-state index in [0.717, 1.165) is 23.5 Å². The van der Waals surface area contributed by atoms with Crippen LogP contribution in [0.15, 0.2) is 30.9 Å². The molecule has 0 fully saturated rings. The van der Waals surface area contributed by atoms with E-state index in [-0.39, 0.29) is 5.91 Å². The average Bonchev–Trinajstić information content (AvgIpc) is 2.46. The molecule has 1 unspecified atom stereocenters. The number of benzene rings is 1. The van der Waals surface area contributed by atoms with Gasteiger partial charge in [0.25, 0.3) is 5.91 Å². The van der Waals surface area contributed by atoms with E-state index in [1.165, 1.54) is 24.0 Å². The standard InChI is InChI=1S/C18H25NO2/c1-5-16(19(21)17(20)18(2,3)4)15-11-10-13-8-6-7-9-14(13)12-15/h5,10-12,16,21H,1,6-9H2,2-4H3. The van der Waals surface area contributed by atoms with Crippen molar-refractivity contribution in [1.29, 1.82) is 0 Å². The highest BCUT2D eigenvalue weighted by atomic mass is 16.5. The molecule has 0 spiro atoms. The number of hydroxylamine groups is 2. The summed E-state index contributed by atoms with van der Waals surface area (Å²) in [5, 5.41) is 11.1. The van der Waals surface area contributed by atoms with Crippen molar-refractivity contribution in [3.63, 3.8) is 0 Å². The van der Waals surface area contributed by atoms with Crippen molar-refractivity contribution in [2.45, 2.75) is 52.5 Å². The molecule has 1 aromatic rings. The maximum atomic E-state index is 12.3. The van der Waals surface area contributed by atoms with Crippen LogP contribution < -0.4 is 0 Å². The van der Waals surface area contributed by atoms with E-state index >= 15 is 0 Å². The number of hydrogen-bond donors (Lipinski definition) is 1. The summed E-state index contributed by atoms with van der Waals surface area (Å²) in [6, 6.07) is 5.73. The minimum atomic E-state index is -0.621. The molecule has 1 aromatic carbocycles. The van der Waals surface area contributed by atoms with Crippen molar-refractivity contribution in [3.8, 4) is 0 Å². The monoisotopic (exact) mass is 287 g/mol. The summed E-state index contributed by atoms with van der Waals surface area (Å²) in [5.74, 6) is -0.301. The van der Waals surface area contributed by atoms with Crippen LogP contribution in [0.4, 0.5) is 0 Å². The SMILES string of the molecule is C=CC(c1ccc2c(c1)CCCC2)N(O)C(=O)C(C)(C)C. The quantitative estimate of drug-likeness (QED) is 0.517. The molecular weight excluding hydrogens is 262 g/mol. The molecule has 1 N–H and O–H groups in total. The number of carbonyl (C=O) groups is 1. The number of rotatable bonds is 3. The van der Waals surface area contributed by atoms with Gasteiger partial charge in [0.1, 0.15) is 6.04 Å². The van der Waals surface area contributed by atoms with Gasteiger partial charge in [-0.3, -0.25) is 10.0 Å². The van der Waals surface area contributed by atoms with Crippen molar-refractivity contribution in [2.75, 3.05) is 0 Å². The predicted octanol–water partition coefficient (Wildman–Crippen LogP) is 4.06. The Morgan fingerprint density at radius 2 is 1.90 bits per heavy atom. The Bertz CT molecular complexity index is 543. The van der Waals surface area contributed by atoms with Crippen LogP contribution in [-0.2, 0) is 17.6 Å². The molecule has 21 heavy (non-hydrogen) atoms. The second kappa shape index (κ2) is 6.02. The van der Waals surface area contributed by atoms with Gasteiger partial charge in [-0.15, -0.1) is 6.58 Å². The zero-order valence-corrected chi connectivity index (χ0v) is 13.2. The van der Waals surface area contributed by atoms with Gasteiger partial charge in [0.05, 0.1) is 0 Å². The van der Waals surface area contributed by atoms with Gasteiger partial charge in [0.2, 0.25) is 0 Å². The molecule has 3 nitrogen and oxygen atoms in total. The summed E-state index contributed by atoms with van der Waals surface area (Å²) in [5.41, 5.74) is 3.02. The summed E-state index contributed by atoms with van der Waals surface area (Å²) < 4.78 is 0. The van der Waals surface area contributed by atoms with Gasteiger partial charge >= 0.3 is 0 Å². The molecule has 1 aliphatic carbocycles. The molecule has 114 valence electrons. The van der Waals surface area contributed by atoms with E-state index in [1.54, 1.807) is 26.8 Å². The zero-order chi connectivity index (χ0) is 15.6. The Morgan fingerprint density at radius 1 is 1.29 bits per heavy atom. The topological polar surface area (TPSA) is 40.5 Å². The summed E-state index contributed by atoms with van der Waals surface area (Å²) in [6.45, 7) is 9.17. The molecule has 1 amide bonds. The van der Waals surface area contributed by atoms with Gasteiger partial charge in [-0.05, 0) is 42.4 Å². The Labute approximate surface area is 127 Å². The maximum absolute atomic E-state index is 12.3. The third kappa shape index (κ3) is 3.35. The fraction of sp³-hybridized carbons (Fsp3) is 0.500. The fourth-order valence-electron chi connectivity index (χ4n) is 2.78. The molecule has 0 saturated carbocycles. The first-order chi connectivity index (χ1) is 9.84. The van der Waals surface area contributed by atoms with E-state index < -0.39 is 11.5 Å². The highest BCUT2D eigenvalue weighted by molar-refractivity contribution is 5.81. The number of hydrogen-bond acceptors (Lipinski definition) is 2. The minimum absolute atomic E-state index is 0.301.